The first-order valence-electron chi connectivity index (χ1n) is 7.75. The first kappa shape index (κ1) is 12.7. The van der Waals surface area contributed by atoms with Gasteiger partial charge in [0, 0.05) is 9.89 Å². The molecule has 0 heterocycles. The van der Waals surface area contributed by atoms with Crippen LogP contribution in [0.1, 0.15) is 22.3 Å². The molecule has 0 atom stereocenters. The van der Waals surface area contributed by atoms with Gasteiger partial charge in [-0.1, -0.05) is 70.5 Å². The van der Waals surface area contributed by atoms with E-state index >= 15 is 0 Å². The Hall–Kier alpha value is -1.86. The van der Waals surface area contributed by atoms with Gasteiger partial charge in [0.2, 0.25) is 0 Å². The summed E-state index contributed by atoms with van der Waals surface area (Å²) in [7, 11) is 0. The van der Waals surface area contributed by atoms with Crippen LogP contribution in [-0.2, 0) is 18.3 Å². The van der Waals surface area contributed by atoms with E-state index in [1.165, 1.54) is 37.9 Å². The number of hydrogen-bond donors (Lipinski definition) is 0. The van der Waals surface area contributed by atoms with Gasteiger partial charge >= 0.3 is 0 Å². The van der Waals surface area contributed by atoms with Crippen LogP contribution in [0.5, 0.6) is 0 Å². The molecule has 0 saturated heterocycles. The van der Waals surface area contributed by atoms with E-state index in [-0.39, 0.29) is 5.41 Å². The quantitative estimate of drug-likeness (QED) is 0.503. The Kier molecular flexibility index (Phi) is 2.49. The fourth-order valence-corrected chi connectivity index (χ4v) is 4.85. The molecule has 0 aliphatic heterocycles. The third-order valence-electron chi connectivity index (χ3n) is 5.33. The van der Waals surface area contributed by atoms with Crippen molar-refractivity contribution >= 4 is 15.9 Å². The van der Waals surface area contributed by atoms with Crippen LogP contribution in [-0.4, -0.2) is 0 Å². The van der Waals surface area contributed by atoms with Crippen LogP contribution < -0.4 is 0 Å². The minimum atomic E-state index is 0.135. The zero-order valence-corrected chi connectivity index (χ0v) is 13.7. The van der Waals surface area contributed by atoms with Crippen LogP contribution in [0.15, 0.2) is 71.2 Å². The highest BCUT2D eigenvalue weighted by Crippen LogP contribution is 2.55. The maximum atomic E-state index is 3.63. The van der Waals surface area contributed by atoms with Gasteiger partial charge in [-0.3, -0.25) is 0 Å². The van der Waals surface area contributed by atoms with Gasteiger partial charge in [-0.15, -0.1) is 0 Å². The number of benzene rings is 3. The Morgan fingerprint density at radius 2 is 1.27 bits per heavy atom. The normalized spacial score (nSPS) is 16.4. The summed E-state index contributed by atoms with van der Waals surface area (Å²) < 4.78 is 1.18. The minimum absolute atomic E-state index is 0.135. The van der Waals surface area contributed by atoms with E-state index in [1.54, 1.807) is 0 Å². The summed E-state index contributed by atoms with van der Waals surface area (Å²) in [5.74, 6) is 0. The lowest BCUT2D eigenvalue weighted by molar-refractivity contribution is 0.563. The van der Waals surface area contributed by atoms with Crippen molar-refractivity contribution in [1.29, 1.82) is 0 Å². The highest BCUT2D eigenvalue weighted by Gasteiger charge is 2.46. The molecular weight excluding hydrogens is 332 g/mol. The second-order valence-electron chi connectivity index (χ2n) is 6.44. The molecule has 0 unspecified atom stereocenters. The second kappa shape index (κ2) is 4.33. The summed E-state index contributed by atoms with van der Waals surface area (Å²) in [4.78, 5) is 0. The largest absolute Gasteiger partial charge is 0.0619 e. The molecule has 3 aromatic rings. The first-order chi connectivity index (χ1) is 10.8. The Bertz CT molecular complexity index is 862. The molecule has 1 heteroatoms. The van der Waals surface area contributed by atoms with E-state index in [0.29, 0.717) is 0 Å². The predicted octanol–water partition coefficient (Wildman–Crippen LogP) is 5.51. The van der Waals surface area contributed by atoms with Crippen molar-refractivity contribution in [3.63, 3.8) is 0 Å². The lowest BCUT2D eigenvalue weighted by atomic mass is 9.76. The molecule has 0 bridgehead atoms. The standard InChI is InChI=1S/C21H15Br/c22-16-10-9-14-12-21(13-15(14)11-16)19-7-3-1-5-17(19)18-6-2-4-8-20(18)21/h1-11H,12-13H2. The molecule has 106 valence electrons. The molecule has 0 N–H and O–H groups in total. The van der Waals surface area contributed by atoms with Gasteiger partial charge in [-0.25, -0.2) is 0 Å². The molecule has 0 saturated carbocycles. The van der Waals surface area contributed by atoms with Gasteiger partial charge in [0.05, 0.1) is 0 Å². The second-order valence-corrected chi connectivity index (χ2v) is 7.36. The lowest BCUT2D eigenvalue weighted by Crippen LogP contribution is -2.25. The SMILES string of the molecule is Brc1ccc2c(c1)CC1(C2)c2ccccc2-c2ccccc21. The van der Waals surface area contributed by atoms with Crippen LogP contribution in [0.2, 0.25) is 0 Å². The molecule has 2 aliphatic carbocycles. The monoisotopic (exact) mass is 346 g/mol. The van der Waals surface area contributed by atoms with Crippen LogP contribution in [0.4, 0.5) is 0 Å². The van der Waals surface area contributed by atoms with E-state index in [2.05, 4.69) is 82.7 Å². The van der Waals surface area contributed by atoms with Crippen molar-refractivity contribution in [2.24, 2.45) is 0 Å². The zero-order chi connectivity index (χ0) is 14.7. The Morgan fingerprint density at radius 1 is 0.682 bits per heavy atom. The molecule has 3 aromatic carbocycles. The lowest BCUT2D eigenvalue weighted by Gasteiger charge is -2.26. The Balaban J connectivity index is 1.80. The summed E-state index contributed by atoms with van der Waals surface area (Å²) in [6, 6.07) is 24.7. The maximum Gasteiger partial charge on any atom is 0.0295 e. The molecule has 0 aromatic heterocycles. The van der Waals surface area contributed by atoms with Crippen LogP contribution >= 0.6 is 15.9 Å². The van der Waals surface area contributed by atoms with Crippen LogP contribution in [0.3, 0.4) is 0 Å². The summed E-state index contributed by atoms with van der Waals surface area (Å²) in [5.41, 5.74) is 8.97. The minimum Gasteiger partial charge on any atom is -0.0619 e. The summed E-state index contributed by atoms with van der Waals surface area (Å²) in [5, 5.41) is 0. The molecule has 2 aliphatic rings. The summed E-state index contributed by atoms with van der Waals surface area (Å²) in [6.45, 7) is 0. The van der Waals surface area contributed by atoms with E-state index in [9.17, 15) is 0 Å². The number of hydrogen-bond acceptors (Lipinski definition) is 0. The molecule has 22 heavy (non-hydrogen) atoms. The van der Waals surface area contributed by atoms with Crippen LogP contribution in [0, 0.1) is 0 Å². The molecule has 0 nitrogen and oxygen atoms in total. The Labute approximate surface area is 138 Å². The van der Waals surface area contributed by atoms with Crippen molar-refractivity contribution < 1.29 is 0 Å². The van der Waals surface area contributed by atoms with Gasteiger partial charge in [-0.05, 0) is 58.4 Å². The predicted molar refractivity (Wildman–Crippen MR) is 94.2 cm³/mol. The fraction of sp³-hybridized carbons (Fsp3) is 0.143. The number of rotatable bonds is 0. The fourth-order valence-electron chi connectivity index (χ4n) is 4.44. The van der Waals surface area contributed by atoms with Crippen molar-refractivity contribution in [3.05, 3.63) is 93.5 Å². The highest BCUT2D eigenvalue weighted by molar-refractivity contribution is 9.10. The van der Waals surface area contributed by atoms with E-state index in [1.807, 2.05) is 0 Å². The smallest absolute Gasteiger partial charge is 0.0295 e. The van der Waals surface area contributed by atoms with E-state index < -0.39 is 0 Å². The number of fused-ring (bicyclic) bond motifs is 6. The Morgan fingerprint density at radius 3 is 1.95 bits per heavy atom. The van der Waals surface area contributed by atoms with E-state index in [0.717, 1.165) is 12.8 Å². The van der Waals surface area contributed by atoms with Gasteiger partial charge in [-0.2, -0.15) is 0 Å². The molecule has 1 spiro atoms. The molecular formula is C21H15Br. The molecule has 0 amide bonds. The molecule has 0 fully saturated rings. The third-order valence-corrected chi connectivity index (χ3v) is 5.82. The van der Waals surface area contributed by atoms with E-state index in [4.69, 9.17) is 0 Å². The number of halogens is 1. The first-order valence-corrected chi connectivity index (χ1v) is 8.54. The molecule has 0 radical (unpaired) electrons. The van der Waals surface area contributed by atoms with Crippen LogP contribution in [0.25, 0.3) is 11.1 Å². The zero-order valence-electron chi connectivity index (χ0n) is 12.1. The van der Waals surface area contributed by atoms with Crippen molar-refractivity contribution in [1.82, 2.24) is 0 Å². The van der Waals surface area contributed by atoms with Gasteiger partial charge in [0.15, 0.2) is 0 Å². The average molecular weight is 347 g/mol. The average Bonchev–Trinajstić information content (AvgIpc) is 3.06. The molecule has 5 rings (SSSR count). The van der Waals surface area contributed by atoms with Gasteiger partial charge in [0.25, 0.3) is 0 Å². The summed E-state index contributed by atoms with van der Waals surface area (Å²) in [6.07, 6.45) is 2.22. The highest BCUT2D eigenvalue weighted by atomic mass is 79.9. The van der Waals surface area contributed by atoms with Crippen molar-refractivity contribution in [3.8, 4) is 11.1 Å². The third kappa shape index (κ3) is 1.52. The summed E-state index contributed by atoms with van der Waals surface area (Å²) >= 11 is 3.63. The topological polar surface area (TPSA) is 0 Å². The van der Waals surface area contributed by atoms with Gasteiger partial charge in [0.1, 0.15) is 0 Å². The maximum absolute atomic E-state index is 3.63. The van der Waals surface area contributed by atoms with Crippen molar-refractivity contribution in [2.75, 3.05) is 0 Å². The van der Waals surface area contributed by atoms with Gasteiger partial charge < -0.3 is 0 Å². The van der Waals surface area contributed by atoms with Crippen molar-refractivity contribution in [2.45, 2.75) is 18.3 Å².